The van der Waals surface area contributed by atoms with Crippen LogP contribution in [0.2, 0.25) is 0 Å². The predicted molar refractivity (Wildman–Crippen MR) is 48.5 cm³/mol. The maximum Gasteiger partial charge on any atom is 0.219 e. The maximum atomic E-state index is 10.9. The molecule has 0 spiro atoms. The number of hydrogen-bond acceptors (Lipinski definition) is 3. The first-order valence-electron chi connectivity index (χ1n) is 4.04. The average molecular weight is 184 g/mol. The highest BCUT2D eigenvalue weighted by atomic mass is 32.2. The van der Waals surface area contributed by atoms with Crippen molar-refractivity contribution in [2.24, 2.45) is 0 Å². The molecule has 0 aliphatic carbocycles. The van der Waals surface area contributed by atoms with Crippen LogP contribution < -0.4 is 0 Å². The number of hydrogen-bond donors (Lipinski definition) is 0. The Kier molecular flexibility index (Phi) is 3.42. The number of amides is 1. The Bertz CT molecular complexity index is 204. The number of carbonyl (C=O) groups is 1. The molecule has 1 aliphatic rings. The minimum atomic E-state index is 0.149. The van der Waals surface area contributed by atoms with Crippen LogP contribution in [0.5, 0.6) is 0 Å². The summed E-state index contributed by atoms with van der Waals surface area (Å²) in [6, 6.07) is 0. The summed E-state index contributed by atoms with van der Waals surface area (Å²) in [5, 5.41) is 11.0. The van der Waals surface area contributed by atoms with Crippen LogP contribution in [0.3, 0.4) is 0 Å². The van der Waals surface area contributed by atoms with Gasteiger partial charge in [-0.3, -0.25) is 4.79 Å². The third-order valence-electron chi connectivity index (χ3n) is 2.11. The fourth-order valence-corrected chi connectivity index (χ4v) is 1.96. The molecule has 0 radical (unpaired) electrons. The molecule has 66 valence electrons. The van der Waals surface area contributed by atoms with Crippen LogP contribution in [-0.4, -0.2) is 29.1 Å². The van der Waals surface area contributed by atoms with Gasteiger partial charge in [-0.25, -0.2) is 0 Å². The number of likely N-dealkylation sites (tertiary alicyclic amines) is 1. The molecule has 1 saturated heterocycles. The van der Waals surface area contributed by atoms with Crippen LogP contribution >= 0.6 is 11.8 Å². The van der Waals surface area contributed by atoms with Crippen LogP contribution in [0.15, 0.2) is 0 Å². The summed E-state index contributed by atoms with van der Waals surface area (Å²) in [7, 11) is 0. The van der Waals surface area contributed by atoms with Gasteiger partial charge in [0.25, 0.3) is 0 Å². The van der Waals surface area contributed by atoms with E-state index in [1.807, 2.05) is 4.90 Å². The first-order chi connectivity index (χ1) is 5.74. The number of thioether (sulfide) groups is 1. The molecule has 1 heterocycles. The number of carbonyl (C=O) groups excluding carboxylic acids is 1. The first-order valence-corrected chi connectivity index (χ1v) is 4.92. The molecule has 0 saturated carbocycles. The minimum absolute atomic E-state index is 0.149. The van der Waals surface area contributed by atoms with Gasteiger partial charge >= 0.3 is 0 Å². The lowest BCUT2D eigenvalue weighted by Gasteiger charge is -2.29. The predicted octanol–water partition coefficient (Wildman–Crippen LogP) is 1.21. The van der Waals surface area contributed by atoms with E-state index in [9.17, 15) is 4.79 Å². The molecule has 12 heavy (non-hydrogen) atoms. The minimum Gasteiger partial charge on any atom is -0.343 e. The van der Waals surface area contributed by atoms with Gasteiger partial charge in [-0.2, -0.15) is 5.26 Å². The molecule has 1 amide bonds. The molecular weight excluding hydrogens is 172 g/mol. The normalized spacial score (nSPS) is 18.8. The second kappa shape index (κ2) is 4.36. The van der Waals surface area contributed by atoms with Crippen LogP contribution in [0.1, 0.15) is 19.8 Å². The molecule has 0 aromatic rings. The van der Waals surface area contributed by atoms with E-state index in [1.54, 1.807) is 6.92 Å². The molecule has 0 unspecified atom stereocenters. The van der Waals surface area contributed by atoms with E-state index in [4.69, 9.17) is 5.26 Å². The summed E-state index contributed by atoms with van der Waals surface area (Å²) in [6.45, 7) is 3.22. The van der Waals surface area contributed by atoms with Crippen molar-refractivity contribution in [1.29, 1.82) is 5.26 Å². The first kappa shape index (κ1) is 9.40. The molecule has 3 nitrogen and oxygen atoms in total. The standard InChI is InChI=1S/C8H12N2OS/c1-7(11)10-4-2-8(3-5-10)12-6-9/h8H,2-5H2,1H3. The maximum absolute atomic E-state index is 10.9. The topological polar surface area (TPSA) is 44.1 Å². The van der Waals surface area contributed by atoms with Crippen LogP contribution in [0.4, 0.5) is 0 Å². The number of nitrogens with zero attached hydrogens (tertiary/aromatic N) is 2. The molecule has 0 atom stereocenters. The average Bonchev–Trinajstić information content (AvgIpc) is 2.06. The molecule has 1 aliphatic heterocycles. The molecular formula is C8H12N2OS. The summed E-state index contributed by atoms with van der Waals surface area (Å²) in [5.41, 5.74) is 0. The molecule has 0 aromatic heterocycles. The highest BCUT2D eigenvalue weighted by Crippen LogP contribution is 2.21. The van der Waals surface area contributed by atoms with E-state index in [2.05, 4.69) is 5.40 Å². The largest absolute Gasteiger partial charge is 0.343 e. The zero-order valence-electron chi connectivity index (χ0n) is 7.12. The van der Waals surface area contributed by atoms with Crippen molar-refractivity contribution < 1.29 is 4.79 Å². The smallest absolute Gasteiger partial charge is 0.219 e. The van der Waals surface area contributed by atoms with Crippen LogP contribution in [0, 0.1) is 10.7 Å². The van der Waals surface area contributed by atoms with Crippen molar-refractivity contribution in [2.75, 3.05) is 13.1 Å². The number of piperidine rings is 1. The van der Waals surface area contributed by atoms with Crippen molar-refractivity contribution >= 4 is 17.7 Å². The molecule has 0 bridgehead atoms. The Morgan fingerprint density at radius 2 is 2.17 bits per heavy atom. The lowest BCUT2D eigenvalue weighted by molar-refractivity contribution is -0.129. The highest BCUT2D eigenvalue weighted by molar-refractivity contribution is 8.04. The Hall–Kier alpha value is -0.690. The van der Waals surface area contributed by atoms with Gasteiger partial charge in [0.2, 0.25) is 5.91 Å². The Balaban J connectivity index is 2.30. The number of rotatable bonds is 1. The van der Waals surface area contributed by atoms with E-state index < -0.39 is 0 Å². The Morgan fingerprint density at radius 3 is 2.58 bits per heavy atom. The molecule has 0 aromatic carbocycles. The Labute approximate surface area is 76.7 Å². The second-order valence-electron chi connectivity index (χ2n) is 2.91. The van der Waals surface area contributed by atoms with Crippen molar-refractivity contribution in [3.8, 4) is 5.40 Å². The van der Waals surface area contributed by atoms with Crippen molar-refractivity contribution in [3.63, 3.8) is 0 Å². The Morgan fingerprint density at radius 1 is 1.58 bits per heavy atom. The number of nitriles is 1. The lowest BCUT2D eigenvalue weighted by atomic mass is 10.1. The van der Waals surface area contributed by atoms with Crippen LogP contribution in [-0.2, 0) is 4.79 Å². The van der Waals surface area contributed by atoms with Gasteiger partial charge in [0.15, 0.2) is 0 Å². The molecule has 4 heteroatoms. The van der Waals surface area contributed by atoms with Crippen molar-refractivity contribution in [1.82, 2.24) is 4.90 Å². The van der Waals surface area contributed by atoms with Gasteiger partial charge in [-0.15, -0.1) is 0 Å². The van der Waals surface area contributed by atoms with Gasteiger partial charge in [0.05, 0.1) is 0 Å². The molecule has 1 rings (SSSR count). The van der Waals surface area contributed by atoms with Gasteiger partial charge in [-0.1, -0.05) is 0 Å². The third-order valence-corrected chi connectivity index (χ3v) is 3.02. The monoisotopic (exact) mass is 184 g/mol. The van der Waals surface area contributed by atoms with E-state index in [-0.39, 0.29) is 5.91 Å². The van der Waals surface area contributed by atoms with E-state index >= 15 is 0 Å². The van der Waals surface area contributed by atoms with E-state index in [0.717, 1.165) is 25.9 Å². The summed E-state index contributed by atoms with van der Waals surface area (Å²) in [6.07, 6.45) is 1.91. The van der Waals surface area contributed by atoms with Gasteiger partial charge in [0, 0.05) is 25.3 Å². The van der Waals surface area contributed by atoms with Gasteiger partial charge in [-0.05, 0) is 24.6 Å². The van der Waals surface area contributed by atoms with E-state index in [1.165, 1.54) is 11.8 Å². The summed E-state index contributed by atoms with van der Waals surface area (Å²) in [4.78, 5) is 12.8. The fourth-order valence-electron chi connectivity index (χ4n) is 1.36. The summed E-state index contributed by atoms with van der Waals surface area (Å²) < 4.78 is 0. The summed E-state index contributed by atoms with van der Waals surface area (Å²) in [5.74, 6) is 0.149. The third kappa shape index (κ3) is 2.42. The summed E-state index contributed by atoms with van der Waals surface area (Å²) >= 11 is 1.33. The van der Waals surface area contributed by atoms with Crippen molar-refractivity contribution in [2.45, 2.75) is 25.0 Å². The van der Waals surface area contributed by atoms with Crippen LogP contribution in [0.25, 0.3) is 0 Å². The SMILES string of the molecule is CC(=O)N1CCC(SC#N)CC1. The quantitative estimate of drug-likeness (QED) is 0.575. The fraction of sp³-hybridized carbons (Fsp3) is 0.750. The zero-order valence-corrected chi connectivity index (χ0v) is 7.93. The van der Waals surface area contributed by atoms with Gasteiger partial charge in [0.1, 0.15) is 5.40 Å². The van der Waals surface area contributed by atoms with Gasteiger partial charge < -0.3 is 4.90 Å². The second-order valence-corrected chi connectivity index (χ2v) is 4.00. The molecule has 0 N–H and O–H groups in total. The highest BCUT2D eigenvalue weighted by Gasteiger charge is 2.20. The van der Waals surface area contributed by atoms with Crippen molar-refractivity contribution in [3.05, 3.63) is 0 Å². The lowest BCUT2D eigenvalue weighted by Crippen LogP contribution is -2.37. The number of thiocyanates is 1. The molecule has 1 fully saturated rings. The van der Waals surface area contributed by atoms with E-state index in [0.29, 0.717) is 5.25 Å². The zero-order chi connectivity index (χ0) is 8.97.